The lowest BCUT2D eigenvalue weighted by Gasteiger charge is -2.06. The maximum atomic E-state index is 13.0. The molecule has 1 heterocycles. The highest BCUT2D eigenvalue weighted by Crippen LogP contribution is 2.19. The molecule has 0 atom stereocenters. The average Bonchev–Trinajstić information content (AvgIpc) is 2.86. The van der Waals surface area contributed by atoms with Crippen LogP contribution in [0.1, 0.15) is 11.1 Å². The van der Waals surface area contributed by atoms with Crippen molar-refractivity contribution in [3.8, 4) is 0 Å². The van der Waals surface area contributed by atoms with E-state index in [2.05, 4.69) is 38.1 Å². The topological polar surface area (TPSA) is 26.2 Å². The molecule has 0 aliphatic carbocycles. The van der Waals surface area contributed by atoms with Crippen molar-refractivity contribution in [1.29, 1.82) is 0 Å². The van der Waals surface area contributed by atoms with E-state index in [1.54, 1.807) is 13.2 Å². The lowest BCUT2D eigenvalue weighted by molar-refractivity contribution is 0.199. The first kappa shape index (κ1) is 15.2. The van der Waals surface area contributed by atoms with Gasteiger partial charge in [-0.05, 0) is 29.3 Å². The number of benzene rings is 1. The van der Waals surface area contributed by atoms with Gasteiger partial charge < -0.3 is 14.6 Å². The van der Waals surface area contributed by atoms with Crippen LogP contribution in [0.5, 0.6) is 0 Å². The largest absolute Gasteiger partial charge is 0.383 e. The molecule has 0 spiro atoms. The highest BCUT2D eigenvalue weighted by Gasteiger charge is 2.03. The van der Waals surface area contributed by atoms with Crippen LogP contribution in [0.3, 0.4) is 0 Å². The molecule has 0 fully saturated rings. The summed E-state index contributed by atoms with van der Waals surface area (Å²) in [4.78, 5) is 0. The van der Waals surface area contributed by atoms with E-state index < -0.39 is 0 Å². The van der Waals surface area contributed by atoms with E-state index >= 15 is 0 Å². The van der Waals surface area contributed by atoms with Gasteiger partial charge in [0.15, 0.2) is 0 Å². The van der Waals surface area contributed by atoms with Gasteiger partial charge in [-0.1, -0.05) is 22.0 Å². The van der Waals surface area contributed by atoms with E-state index in [-0.39, 0.29) is 5.82 Å². The maximum absolute atomic E-state index is 13.0. The molecule has 0 amide bonds. The summed E-state index contributed by atoms with van der Waals surface area (Å²) in [5, 5.41) is 3.30. The lowest BCUT2D eigenvalue weighted by Crippen LogP contribution is -2.18. The van der Waals surface area contributed by atoms with E-state index in [0.717, 1.165) is 29.7 Å². The van der Waals surface area contributed by atoms with Crippen LogP contribution in [-0.4, -0.2) is 24.8 Å². The zero-order valence-corrected chi connectivity index (χ0v) is 13.0. The van der Waals surface area contributed by atoms with Crippen LogP contribution in [0.15, 0.2) is 41.1 Å². The Labute approximate surface area is 126 Å². The Bertz CT molecular complexity index is 557. The minimum atomic E-state index is -0.226. The van der Waals surface area contributed by atoms with Crippen molar-refractivity contribution < 1.29 is 9.13 Å². The Kier molecular flexibility index (Phi) is 5.76. The summed E-state index contributed by atoms with van der Waals surface area (Å²) in [6, 6.07) is 6.86. The van der Waals surface area contributed by atoms with Crippen LogP contribution in [-0.2, 0) is 17.8 Å². The van der Waals surface area contributed by atoms with Gasteiger partial charge in [0.05, 0.1) is 6.61 Å². The van der Waals surface area contributed by atoms with Crippen LogP contribution in [0, 0.1) is 5.82 Å². The molecule has 0 aliphatic heterocycles. The van der Waals surface area contributed by atoms with Gasteiger partial charge in [-0.3, -0.25) is 0 Å². The molecule has 1 N–H and O–H groups in total. The second-order valence-electron chi connectivity index (χ2n) is 4.60. The van der Waals surface area contributed by atoms with Crippen LogP contribution >= 0.6 is 15.9 Å². The molecular weight excluding hydrogens is 323 g/mol. The van der Waals surface area contributed by atoms with Crippen LogP contribution in [0.25, 0.3) is 0 Å². The van der Waals surface area contributed by atoms with Crippen LogP contribution < -0.4 is 5.32 Å². The van der Waals surface area contributed by atoms with Crippen molar-refractivity contribution in [3.63, 3.8) is 0 Å². The Hall–Kier alpha value is -1.17. The van der Waals surface area contributed by atoms with Crippen LogP contribution in [0.4, 0.5) is 4.39 Å². The SMILES string of the molecule is COCCNCc1ccn(Cc2ccc(F)cc2Br)c1. The Morgan fingerprint density at radius 2 is 2.20 bits per heavy atom. The first-order chi connectivity index (χ1) is 9.69. The highest BCUT2D eigenvalue weighted by molar-refractivity contribution is 9.10. The predicted molar refractivity (Wildman–Crippen MR) is 81.2 cm³/mol. The van der Waals surface area contributed by atoms with Crippen molar-refractivity contribution in [2.45, 2.75) is 13.1 Å². The summed E-state index contributed by atoms with van der Waals surface area (Å²) in [7, 11) is 1.69. The van der Waals surface area contributed by atoms with Crippen LogP contribution in [0.2, 0.25) is 0 Å². The van der Waals surface area contributed by atoms with Crippen molar-refractivity contribution >= 4 is 15.9 Å². The first-order valence-corrected chi connectivity index (χ1v) is 7.26. The zero-order chi connectivity index (χ0) is 14.4. The third-order valence-electron chi connectivity index (χ3n) is 2.99. The fourth-order valence-electron chi connectivity index (χ4n) is 1.95. The van der Waals surface area contributed by atoms with E-state index in [1.165, 1.54) is 17.7 Å². The standard InChI is InChI=1S/C15H18BrFN2O/c1-20-7-5-18-9-12-4-6-19(10-12)11-13-2-3-14(17)8-15(13)16/h2-4,6,8,10,18H,5,7,9,11H2,1H3. The Morgan fingerprint density at radius 3 is 2.95 bits per heavy atom. The van der Waals surface area contributed by atoms with Crippen molar-refractivity contribution in [2.75, 3.05) is 20.3 Å². The zero-order valence-electron chi connectivity index (χ0n) is 11.4. The molecule has 3 nitrogen and oxygen atoms in total. The summed E-state index contributed by atoms with van der Waals surface area (Å²) in [6.45, 7) is 3.09. The molecule has 20 heavy (non-hydrogen) atoms. The molecule has 108 valence electrons. The second kappa shape index (κ2) is 7.57. The second-order valence-corrected chi connectivity index (χ2v) is 5.45. The maximum Gasteiger partial charge on any atom is 0.124 e. The molecule has 0 aliphatic rings. The summed E-state index contributed by atoms with van der Waals surface area (Å²) < 4.78 is 20.9. The van der Waals surface area contributed by atoms with Gasteiger partial charge in [0.1, 0.15) is 5.82 Å². The summed E-state index contributed by atoms with van der Waals surface area (Å²) in [5.74, 6) is -0.226. The van der Waals surface area contributed by atoms with Gasteiger partial charge in [-0.2, -0.15) is 0 Å². The molecule has 0 unspecified atom stereocenters. The molecule has 0 saturated heterocycles. The molecule has 5 heteroatoms. The lowest BCUT2D eigenvalue weighted by atomic mass is 10.2. The Balaban J connectivity index is 1.92. The average molecular weight is 341 g/mol. The number of hydrogen-bond donors (Lipinski definition) is 1. The monoisotopic (exact) mass is 340 g/mol. The molecule has 0 bridgehead atoms. The van der Waals surface area contributed by atoms with Crippen molar-refractivity contribution in [2.24, 2.45) is 0 Å². The molecule has 2 aromatic rings. The predicted octanol–water partition coefficient (Wildman–Crippen LogP) is 3.17. The third kappa shape index (κ3) is 4.44. The molecular formula is C15H18BrFN2O. The fourth-order valence-corrected chi connectivity index (χ4v) is 2.42. The van der Waals surface area contributed by atoms with E-state index in [0.29, 0.717) is 6.61 Å². The first-order valence-electron chi connectivity index (χ1n) is 6.47. The number of methoxy groups -OCH3 is 1. The number of nitrogens with zero attached hydrogens (tertiary/aromatic N) is 1. The summed E-state index contributed by atoms with van der Waals surface area (Å²) >= 11 is 3.39. The molecule has 2 rings (SSSR count). The number of halogens is 2. The highest BCUT2D eigenvalue weighted by atomic mass is 79.9. The minimum Gasteiger partial charge on any atom is -0.383 e. The van der Waals surface area contributed by atoms with Gasteiger partial charge in [-0.15, -0.1) is 0 Å². The van der Waals surface area contributed by atoms with Crippen molar-refractivity contribution in [3.05, 3.63) is 58.1 Å². The van der Waals surface area contributed by atoms with Crippen molar-refractivity contribution in [1.82, 2.24) is 9.88 Å². The van der Waals surface area contributed by atoms with Gasteiger partial charge in [0.25, 0.3) is 0 Å². The van der Waals surface area contributed by atoms with Gasteiger partial charge in [0.2, 0.25) is 0 Å². The minimum absolute atomic E-state index is 0.226. The fraction of sp³-hybridized carbons (Fsp3) is 0.333. The number of rotatable bonds is 7. The Morgan fingerprint density at radius 1 is 1.35 bits per heavy atom. The number of ether oxygens (including phenoxy) is 1. The number of aromatic nitrogens is 1. The van der Waals surface area contributed by atoms with Gasteiger partial charge >= 0.3 is 0 Å². The number of nitrogens with one attached hydrogen (secondary N) is 1. The van der Waals surface area contributed by atoms with Gasteiger partial charge in [-0.25, -0.2) is 4.39 Å². The molecule has 1 aromatic carbocycles. The molecule has 0 saturated carbocycles. The quantitative estimate of drug-likeness (QED) is 0.783. The smallest absolute Gasteiger partial charge is 0.124 e. The van der Waals surface area contributed by atoms with E-state index in [4.69, 9.17) is 4.74 Å². The van der Waals surface area contributed by atoms with E-state index in [1.807, 2.05) is 6.20 Å². The van der Waals surface area contributed by atoms with E-state index in [9.17, 15) is 4.39 Å². The third-order valence-corrected chi connectivity index (χ3v) is 3.73. The molecule has 1 aromatic heterocycles. The van der Waals surface area contributed by atoms with Gasteiger partial charge in [0, 0.05) is 43.6 Å². The summed E-state index contributed by atoms with van der Waals surface area (Å²) in [6.07, 6.45) is 4.12. The molecule has 0 radical (unpaired) electrons. The summed E-state index contributed by atoms with van der Waals surface area (Å²) in [5.41, 5.74) is 2.28. The number of hydrogen-bond acceptors (Lipinski definition) is 2. The normalized spacial score (nSPS) is 10.9.